The van der Waals surface area contributed by atoms with Crippen molar-refractivity contribution >= 4 is 22.8 Å². The number of fused-ring (bicyclic) bond motifs is 1. The molecule has 0 bridgehead atoms. The second kappa shape index (κ2) is 10.1. The Hall–Kier alpha value is -3.75. The lowest BCUT2D eigenvalue weighted by atomic mass is 10.1. The van der Waals surface area contributed by atoms with Crippen LogP contribution in [-0.4, -0.2) is 51.0 Å². The molecule has 1 aliphatic carbocycles. The Bertz CT molecular complexity index is 1360. The summed E-state index contributed by atoms with van der Waals surface area (Å²) in [7, 11) is 0. The van der Waals surface area contributed by atoms with Gasteiger partial charge in [-0.25, -0.2) is 4.39 Å². The van der Waals surface area contributed by atoms with Crippen molar-refractivity contribution in [2.45, 2.75) is 45.1 Å². The van der Waals surface area contributed by atoms with Crippen LogP contribution in [0.2, 0.25) is 0 Å². The number of likely N-dealkylation sites (tertiary alicyclic amines) is 1. The van der Waals surface area contributed by atoms with Gasteiger partial charge in [0.1, 0.15) is 16.9 Å². The van der Waals surface area contributed by atoms with Gasteiger partial charge in [-0.05, 0) is 67.3 Å². The van der Waals surface area contributed by atoms with Crippen LogP contribution in [0.4, 0.5) is 4.39 Å². The van der Waals surface area contributed by atoms with E-state index in [2.05, 4.69) is 10.3 Å². The molecule has 2 amide bonds. The molecule has 2 N–H and O–H groups in total. The van der Waals surface area contributed by atoms with Gasteiger partial charge in [0.15, 0.2) is 5.75 Å². The van der Waals surface area contributed by atoms with Crippen molar-refractivity contribution < 1.29 is 19.1 Å². The summed E-state index contributed by atoms with van der Waals surface area (Å²) in [6, 6.07) is 7.99. The first-order valence-electron chi connectivity index (χ1n) is 12.5. The Morgan fingerprint density at radius 2 is 1.94 bits per heavy atom. The lowest BCUT2D eigenvalue weighted by molar-refractivity contribution is -0.127. The van der Waals surface area contributed by atoms with E-state index in [1.807, 2.05) is 6.07 Å². The number of pyridine rings is 2. The smallest absolute Gasteiger partial charge is 0.267 e. The maximum atomic E-state index is 13.4. The molecule has 0 atom stereocenters. The fraction of sp³-hybridized carbons (Fsp3) is 0.407. The third-order valence-corrected chi connectivity index (χ3v) is 6.88. The van der Waals surface area contributed by atoms with Crippen LogP contribution in [0.15, 0.2) is 41.3 Å². The molecule has 0 radical (unpaired) electrons. The second-order valence-corrected chi connectivity index (χ2v) is 9.69. The summed E-state index contributed by atoms with van der Waals surface area (Å²) >= 11 is 0. The van der Waals surface area contributed by atoms with Gasteiger partial charge < -0.3 is 19.9 Å². The number of carbonyl (C=O) groups excluding carboxylic acids is 2. The molecule has 2 fully saturated rings. The Kier molecular flexibility index (Phi) is 6.71. The van der Waals surface area contributed by atoms with Crippen LogP contribution in [0.5, 0.6) is 5.75 Å². The maximum absolute atomic E-state index is 13.4. The molecule has 0 spiro atoms. The molecular formula is C27H29FN4O4. The quantitative estimate of drug-likeness (QED) is 0.447. The first-order valence-corrected chi connectivity index (χ1v) is 12.5. The Balaban J connectivity index is 1.40. The minimum Gasteiger partial charge on any atom is -0.505 e. The predicted octanol–water partition coefficient (Wildman–Crippen LogP) is 2.98. The van der Waals surface area contributed by atoms with Gasteiger partial charge in [0.05, 0.1) is 5.52 Å². The average molecular weight is 493 g/mol. The second-order valence-electron chi connectivity index (χ2n) is 9.69. The molecule has 188 valence electrons. The highest BCUT2D eigenvalue weighted by Gasteiger charge is 2.28. The van der Waals surface area contributed by atoms with Crippen molar-refractivity contribution in [2.24, 2.45) is 5.92 Å². The number of benzene rings is 1. The number of amides is 2. The van der Waals surface area contributed by atoms with E-state index < -0.39 is 17.2 Å². The molecule has 1 aromatic carbocycles. The first-order chi connectivity index (χ1) is 17.4. The van der Waals surface area contributed by atoms with Gasteiger partial charge in [0.25, 0.3) is 11.5 Å². The van der Waals surface area contributed by atoms with Crippen molar-refractivity contribution in [2.75, 3.05) is 19.6 Å². The Morgan fingerprint density at radius 1 is 1.17 bits per heavy atom. The van der Waals surface area contributed by atoms with Gasteiger partial charge >= 0.3 is 0 Å². The topological polar surface area (TPSA) is 105 Å². The minimum atomic E-state index is -0.645. The Morgan fingerprint density at radius 3 is 2.64 bits per heavy atom. The van der Waals surface area contributed by atoms with Crippen molar-refractivity contribution in [3.05, 3.63) is 69.4 Å². The molecule has 36 heavy (non-hydrogen) atoms. The highest BCUT2D eigenvalue weighted by atomic mass is 19.1. The van der Waals surface area contributed by atoms with Gasteiger partial charge in [0.2, 0.25) is 5.91 Å². The van der Waals surface area contributed by atoms with E-state index >= 15 is 0 Å². The zero-order chi connectivity index (χ0) is 25.2. The SMILES string of the molecule is O=C(NCCCN1CCCC1=O)c1c(O)c2ncc(Cc3ccc(F)cc3)cc2n(CC2CC2)c1=O. The Labute approximate surface area is 207 Å². The summed E-state index contributed by atoms with van der Waals surface area (Å²) in [6.45, 7) is 2.02. The number of nitrogens with zero attached hydrogens (tertiary/aromatic N) is 3. The van der Waals surface area contributed by atoms with E-state index in [9.17, 15) is 23.9 Å². The highest BCUT2D eigenvalue weighted by Crippen LogP contribution is 2.33. The number of rotatable bonds is 9. The van der Waals surface area contributed by atoms with Gasteiger partial charge in [-0.3, -0.25) is 19.4 Å². The van der Waals surface area contributed by atoms with Crippen molar-refractivity contribution in [1.29, 1.82) is 0 Å². The largest absolute Gasteiger partial charge is 0.505 e. The zero-order valence-electron chi connectivity index (χ0n) is 20.0. The number of carbonyl (C=O) groups is 2. The third kappa shape index (κ3) is 5.10. The highest BCUT2D eigenvalue weighted by molar-refractivity contribution is 6.01. The lowest BCUT2D eigenvalue weighted by Gasteiger charge is -2.16. The van der Waals surface area contributed by atoms with Gasteiger partial charge in [-0.15, -0.1) is 0 Å². The van der Waals surface area contributed by atoms with Crippen LogP contribution < -0.4 is 10.9 Å². The van der Waals surface area contributed by atoms with Gasteiger partial charge in [-0.1, -0.05) is 12.1 Å². The summed E-state index contributed by atoms with van der Waals surface area (Å²) < 4.78 is 14.8. The number of hydrogen-bond acceptors (Lipinski definition) is 5. The number of nitrogens with one attached hydrogen (secondary N) is 1. The molecule has 8 nitrogen and oxygen atoms in total. The molecule has 3 aromatic rings. The fourth-order valence-electron chi connectivity index (χ4n) is 4.73. The lowest BCUT2D eigenvalue weighted by Crippen LogP contribution is -2.35. The molecule has 1 saturated heterocycles. The van der Waals surface area contributed by atoms with Crippen LogP contribution in [0.25, 0.3) is 11.0 Å². The summed E-state index contributed by atoms with van der Waals surface area (Å²) in [6.07, 6.45) is 6.09. The number of aromatic hydroxyl groups is 1. The van der Waals surface area contributed by atoms with E-state index in [1.165, 1.54) is 12.1 Å². The number of hydrogen-bond donors (Lipinski definition) is 2. The van der Waals surface area contributed by atoms with Crippen LogP contribution in [0.3, 0.4) is 0 Å². The summed E-state index contributed by atoms with van der Waals surface area (Å²) in [4.78, 5) is 44.3. The molecule has 3 heterocycles. The van der Waals surface area contributed by atoms with Crippen LogP contribution >= 0.6 is 0 Å². The summed E-state index contributed by atoms with van der Waals surface area (Å²) in [5.74, 6) is -0.906. The number of aromatic nitrogens is 2. The maximum Gasteiger partial charge on any atom is 0.267 e. The van der Waals surface area contributed by atoms with E-state index in [0.717, 1.165) is 36.9 Å². The van der Waals surface area contributed by atoms with Crippen molar-refractivity contribution in [1.82, 2.24) is 19.8 Å². The van der Waals surface area contributed by atoms with Crippen LogP contribution in [0.1, 0.15) is 53.6 Å². The molecule has 2 aromatic heterocycles. The molecule has 0 unspecified atom stereocenters. The molecule has 9 heteroatoms. The predicted molar refractivity (Wildman–Crippen MR) is 132 cm³/mol. The molecule has 5 rings (SSSR count). The third-order valence-electron chi connectivity index (χ3n) is 6.88. The van der Waals surface area contributed by atoms with Gasteiger partial charge in [0, 0.05) is 38.8 Å². The molecule has 1 aliphatic heterocycles. The monoisotopic (exact) mass is 492 g/mol. The van der Waals surface area contributed by atoms with E-state index in [4.69, 9.17) is 0 Å². The van der Waals surface area contributed by atoms with Crippen LogP contribution in [0, 0.1) is 11.7 Å². The van der Waals surface area contributed by atoms with E-state index in [-0.39, 0.29) is 29.3 Å². The fourth-order valence-corrected chi connectivity index (χ4v) is 4.73. The van der Waals surface area contributed by atoms with Crippen molar-refractivity contribution in [3.8, 4) is 5.75 Å². The molecule has 2 aliphatic rings. The zero-order valence-corrected chi connectivity index (χ0v) is 20.0. The summed E-state index contributed by atoms with van der Waals surface area (Å²) in [5.41, 5.74) is 1.54. The van der Waals surface area contributed by atoms with E-state index in [1.54, 1.807) is 27.8 Å². The first kappa shape index (κ1) is 24.0. The van der Waals surface area contributed by atoms with Gasteiger partial charge in [-0.2, -0.15) is 0 Å². The van der Waals surface area contributed by atoms with E-state index in [0.29, 0.717) is 43.8 Å². The van der Waals surface area contributed by atoms with Crippen LogP contribution in [-0.2, 0) is 17.8 Å². The molecule has 1 saturated carbocycles. The average Bonchev–Trinajstić information content (AvgIpc) is 3.60. The molecular weight excluding hydrogens is 463 g/mol. The summed E-state index contributed by atoms with van der Waals surface area (Å²) in [5, 5.41) is 13.6. The normalized spacial score (nSPS) is 15.6. The standard InChI is InChI=1S/C27H29FN4O4/c28-20-8-6-17(7-9-20)13-19-14-21-24(30-15-19)25(34)23(27(36)32(21)16-18-4-5-18)26(35)29-10-2-12-31-11-1-3-22(31)33/h6-9,14-15,18,34H,1-5,10-13,16H2,(H,29,35). The van der Waals surface area contributed by atoms with Crippen molar-refractivity contribution in [3.63, 3.8) is 0 Å². The minimum absolute atomic E-state index is 0.126. The number of halogens is 1.